The van der Waals surface area contributed by atoms with Gasteiger partial charge in [0.25, 0.3) is 0 Å². The summed E-state index contributed by atoms with van der Waals surface area (Å²) in [4.78, 5) is 4.29. The molecule has 3 aromatic rings. The fraction of sp³-hybridized carbons (Fsp3) is 0.118. The molecule has 0 bridgehead atoms. The van der Waals surface area contributed by atoms with Crippen LogP contribution in [0.5, 0.6) is 17.2 Å². The number of thiazole rings is 1. The molecule has 2 aromatic carbocycles. The van der Waals surface area contributed by atoms with Crippen LogP contribution in [0.15, 0.2) is 41.8 Å². The van der Waals surface area contributed by atoms with E-state index in [-0.39, 0.29) is 0 Å². The highest BCUT2D eigenvalue weighted by Gasteiger charge is 2.13. The van der Waals surface area contributed by atoms with Crippen molar-refractivity contribution in [3.63, 3.8) is 0 Å². The number of nitrogens with zero attached hydrogens (tertiary/aromatic N) is 1. The molecule has 0 unspecified atom stereocenters. The van der Waals surface area contributed by atoms with E-state index in [0.717, 1.165) is 22.6 Å². The second-order valence-corrected chi connectivity index (χ2v) is 6.24. The van der Waals surface area contributed by atoms with Gasteiger partial charge >= 0.3 is 0 Å². The highest BCUT2D eigenvalue weighted by molar-refractivity contribution is 7.13. The van der Waals surface area contributed by atoms with Crippen LogP contribution >= 0.6 is 22.9 Å². The summed E-state index contributed by atoms with van der Waals surface area (Å²) >= 11 is 7.81. The summed E-state index contributed by atoms with van der Waals surface area (Å²) in [5.74, 6) is 2.17. The smallest absolute Gasteiger partial charge is 0.180 e. The van der Waals surface area contributed by atoms with Crippen LogP contribution in [0.4, 0.5) is 5.13 Å². The lowest BCUT2D eigenvalue weighted by Crippen LogP contribution is -1.91. The molecule has 23 heavy (non-hydrogen) atoms. The lowest BCUT2D eigenvalue weighted by Gasteiger charge is -2.11. The lowest BCUT2D eigenvalue weighted by molar-refractivity contribution is 0.413. The fourth-order valence-corrected chi connectivity index (χ4v) is 3.19. The molecule has 2 N–H and O–H groups in total. The second kappa shape index (κ2) is 6.48. The predicted octanol–water partition coefficient (Wildman–Crippen LogP) is 5.16. The van der Waals surface area contributed by atoms with Crippen molar-refractivity contribution in [2.24, 2.45) is 0 Å². The van der Waals surface area contributed by atoms with Crippen LogP contribution in [-0.2, 0) is 0 Å². The molecule has 0 radical (unpaired) electrons. The molecule has 0 aliphatic rings. The standard InChI is InChI=1S/C17H15ClN2O2S/c1-10-7-13(22-12-5-3-11(21-2)4-6-12)8-14(18)16(10)15-9-23-17(19)20-15/h3-9H,1-2H3,(H2,19,20). The molecule has 0 fully saturated rings. The monoisotopic (exact) mass is 346 g/mol. The van der Waals surface area contributed by atoms with Gasteiger partial charge in [-0.15, -0.1) is 11.3 Å². The number of aryl methyl sites for hydroxylation is 1. The topological polar surface area (TPSA) is 57.4 Å². The van der Waals surface area contributed by atoms with E-state index >= 15 is 0 Å². The Balaban J connectivity index is 1.89. The van der Waals surface area contributed by atoms with E-state index in [0.29, 0.717) is 21.7 Å². The highest BCUT2D eigenvalue weighted by Crippen LogP contribution is 2.37. The van der Waals surface area contributed by atoms with Gasteiger partial charge in [-0.05, 0) is 42.8 Å². The third kappa shape index (κ3) is 3.41. The van der Waals surface area contributed by atoms with Crippen LogP contribution in [-0.4, -0.2) is 12.1 Å². The molecule has 0 aliphatic carbocycles. The van der Waals surface area contributed by atoms with Crippen LogP contribution in [0.25, 0.3) is 11.3 Å². The number of halogens is 1. The van der Waals surface area contributed by atoms with Crippen LogP contribution in [0.2, 0.25) is 5.02 Å². The zero-order valence-electron chi connectivity index (χ0n) is 12.7. The van der Waals surface area contributed by atoms with E-state index in [1.807, 2.05) is 42.6 Å². The Labute approximate surface area is 143 Å². The summed E-state index contributed by atoms with van der Waals surface area (Å²) < 4.78 is 11.0. The van der Waals surface area contributed by atoms with Crippen molar-refractivity contribution >= 4 is 28.1 Å². The molecule has 0 aliphatic heterocycles. The van der Waals surface area contributed by atoms with Crippen molar-refractivity contribution in [1.29, 1.82) is 0 Å². The third-order valence-corrected chi connectivity index (χ3v) is 4.31. The van der Waals surface area contributed by atoms with E-state index in [4.69, 9.17) is 26.8 Å². The second-order valence-electron chi connectivity index (χ2n) is 4.95. The molecule has 3 rings (SSSR count). The van der Waals surface area contributed by atoms with Crippen molar-refractivity contribution in [1.82, 2.24) is 4.98 Å². The first kappa shape index (κ1) is 15.6. The Bertz CT molecular complexity index is 808. The van der Waals surface area contributed by atoms with Crippen molar-refractivity contribution in [3.8, 4) is 28.5 Å². The minimum Gasteiger partial charge on any atom is -0.497 e. The summed E-state index contributed by atoms with van der Waals surface area (Å²) in [6, 6.07) is 11.1. The van der Waals surface area contributed by atoms with Gasteiger partial charge in [0.1, 0.15) is 17.2 Å². The number of nitrogens with two attached hydrogens (primary N) is 1. The largest absolute Gasteiger partial charge is 0.497 e. The molecular formula is C17H15ClN2O2S. The number of hydrogen-bond acceptors (Lipinski definition) is 5. The van der Waals surface area contributed by atoms with Gasteiger partial charge < -0.3 is 15.2 Å². The van der Waals surface area contributed by atoms with Gasteiger partial charge in [0.05, 0.1) is 17.8 Å². The van der Waals surface area contributed by atoms with E-state index < -0.39 is 0 Å². The zero-order chi connectivity index (χ0) is 16.4. The van der Waals surface area contributed by atoms with Crippen LogP contribution in [0, 0.1) is 6.92 Å². The van der Waals surface area contributed by atoms with Gasteiger partial charge in [0.2, 0.25) is 0 Å². The maximum atomic E-state index is 6.42. The Morgan fingerprint density at radius 3 is 2.35 bits per heavy atom. The quantitative estimate of drug-likeness (QED) is 0.709. The first-order chi connectivity index (χ1) is 11.1. The summed E-state index contributed by atoms with van der Waals surface area (Å²) in [7, 11) is 1.63. The summed E-state index contributed by atoms with van der Waals surface area (Å²) in [5, 5.41) is 3.00. The van der Waals surface area contributed by atoms with E-state index in [1.54, 1.807) is 13.2 Å². The van der Waals surface area contributed by atoms with Gasteiger partial charge in [-0.3, -0.25) is 0 Å². The molecule has 1 aromatic heterocycles. The first-order valence-electron chi connectivity index (χ1n) is 6.90. The molecule has 0 amide bonds. The number of nitrogen functional groups attached to an aromatic ring is 1. The summed E-state index contributed by atoms with van der Waals surface area (Å²) in [5.41, 5.74) is 8.34. The van der Waals surface area contributed by atoms with Crippen LogP contribution < -0.4 is 15.2 Å². The number of hydrogen-bond donors (Lipinski definition) is 1. The highest BCUT2D eigenvalue weighted by atomic mass is 35.5. The van der Waals surface area contributed by atoms with Crippen molar-refractivity contribution in [2.45, 2.75) is 6.92 Å². The van der Waals surface area contributed by atoms with Crippen LogP contribution in [0.1, 0.15) is 5.56 Å². The van der Waals surface area contributed by atoms with Gasteiger partial charge in [-0.25, -0.2) is 4.98 Å². The predicted molar refractivity (Wildman–Crippen MR) is 94.8 cm³/mol. The Morgan fingerprint density at radius 2 is 1.78 bits per heavy atom. The van der Waals surface area contributed by atoms with Gasteiger partial charge in [0.15, 0.2) is 5.13 Å². The van der Waals surface area contributed by atoms with Gasteiger partial charge in [0, 0.05) is 17.0 Å². The normalized spacial score (nSPS) is 10.6. The van der Waals surface area contributed by atoms with Crippen molar-refractivity contribution in [2.75, 3.05) is 12.8 Å². The number of methoxy groups -OCH3 is 1. The molecule has 6 heteroatoms. The molecule has 4 nitrogen and oxygen atoms in total. The van der Waals surface area contributed by atoms with Crippen molar-refractivity contribution < 1.29 is 9.47 Å². The van der Waals surface area contributed by atoms with Crippen molar-refractivity contribution in [3.05, 3.63) is 52.4 Å². The van der Waals surface area contributed by atoms with Gasteiger partial charge in [-0.2, -0.15) is 0 Å². The van der Waals surface area contributed by atoms with Gasteiger partial charge in [-0.1, -0.05) is 11.6 Å². The Morgan fingerprint density at radius 1 is 1.09 bits per heavy atom. The molecular weight excluding hydrogens is 332 g/mol. The summed E-state index contributed by atoms with van der Waals surface area (Å²) in [6.07, 6.45) is 0. The number of aromatic nitrogens is 1. The average molecular weight is 347 g/mol. The first-order valence-corrected chi connectivity index (χ1v) is 8.16. The zero-order valence-corrected chi connectivity index (χ0v) is 14.2. The molecule has 0 spiro atoms. The lowest BCUT2D eigenvalue weighted by atomic mass is 10.1. The van der Waals surface area contributed by atoms with E-state index in [9.17, 15) is 0 Å². The minimum absolute atomic E-state index is 0.522. The molecule has 0 saturated heterocycles. The fourth-order valence-electron chi connectivity index (χ4n) is 2.28. The van der Waals surface area contributed by atoms with E-state index in [1.165, 1.54) is 11.3 Å². The molecule has 0 saturated carbocycles. The number of benzene rings is 2. The molecule has 0 atom stereocenters. The minimum atomic E-state index is 0.522. The maximum Gasteiger partial charge on any atom is 0.180 e. The number of ether oxygens (including phenoxy) is 2. The maximum absolute atomic E-state index is 6.42. The third-order valence-electron chi connectivity index (χ3n) is 3.33. The average Bonchev–Trinajstić information content (AvgIpc) is 2.93. The molecule has 1 heterocycles. The Kier molecular flexibility index (Phi) is 4.41. The summed E-state index contributed by atoms with van der Waals surface area (Å²) in [6.45, 7) is 1.97. The Hall–Kier alpha value is -2.24. The van der Waals surface area contributed by atoms with Crippen LogP contribution in [0.3, 0.4) is 0 Å². The molecule has 118 valence electrons. The van der Waals surface area contributed by atoms with E-state index in [2.05, 4.69) is 4.98 Å². The number of anilines is 1. The number of rotatable bonds is 4. The SMILES string of the molecule is COc1ccc(Oc2cc(C)c(-c3csc(N)n3)c(Cl)c2)cc1.